The average Bonchev–Trinajstić information content (AvgIpc) is 2.30. The highest BCUT2D eigenvalue weighted by Crippen LogP contribution is 2.20. The molecule has 1 aliphatic heterocycles. The lowest BCUT2D eigenvalue weighted by molar-refractivity contribution is -0.873. The molecule has 1 heterocycles. The molecule has 6 atom stereocenters. The van der Waals surface area contributed by atoms with Gasteiger partial charge in [0.2, 0.25) is 0 Å². The molecule has 0 aromatic heterocycles. The second-order valence-electron chi connectivity index (χ2n) is 6.20. The highest BCUT2D eigenvalue weighted by atomic mass is 16.6. The first-order valence-corrected chi connectivity index (χ1v) is 6.56. The number of quaternary nitrogens is 1. The fraction of sp³-hybridized carbons (Fsp3) is 1.00. The number of nitrogens with zero attached hydrogens (tertiary/aromatic N) is 1. The van der Waals surface area contributed by atoms with E-state index in [0.717, 1.165) is 0 Å². The molecule has 0 radical (unpaired) electrons. The van der Waals surface area contributed by atoms with Crippen molar-refractivity contribution >= 4 is 0 Å². The summed E-state index contributed by atoms with van der Waals surface area (Å²) < 4.78 is 10.8. The molecule has 0 bridgehead atoms. The smallest absolute Gasteiger partial charge is 0.184 e. The normalized spacial score (nSPS) is 36.9. The van der Waals surface area contributed by atoms with Crippen molar-refractivity contribution in [2.24, 2.45) is 0 Å². The number of aliphatic hydroxyl groups is 5. The van der Waals surface area contributed by atoms with Gasteiger partial charge >= 0.3 is 0 Å². The van der Waals surface area contributed by atoms with Gasteiger partial charge in [0, 0.05) is 0 Å². The van der Waals surface area contributed by atoms with Gasteiger partial charge in [-0.15, -0.1) is 0 Å². The summed E-state index contributed by atoms with van der Waals surface area (Å²) in [6, 6.07) is 0. The van der Waals surface area contributed by atoms with Gasteiger partial charge in [-0.25, -0.2) is 0 Å². The topological polar surface area (TPSA) is 120 Å². The highest BCUT2D eigenvalue weighted by molar-refractivity contribution is 4.88. The van der Waals surface area contributed by atoms with Crippen molar-refractivity contribution < 1.29 is 39.5 Å². The van der Waals surface area contributed by atoms with Gasteiger partial charge in [-0.3, -0.25) is 0 Å². The quantitative estimate of drug-likeness (QED) is 0.329. The van der Waals surface area contributed by atoms with Gasteiger partial charge in [-0.05, 0) is 0 Å². The van der Waals surface area contributed by atoms with Gasteiger partial charge in [-0.2, -0.15) is 0 Å². The van der Waals surface area contributed by atoms with Gasteiger partial charge in [-0.1, -0.05) is 0 Å². The van der Waals surface area contributed by atoms with E-state index >= 15 is 0 Å². The minimum absolute atomic E-state index is 0.0524. The zero-order valence-corrected chi connectivity index (χ0v) is 12.1. The van der Waals surface area contributed by atoms with E-state index in [0.29, 0.717) is 11.0 Å². The van der Waals surface area contributed by atoms with Crippen LogP contribution in [0.5, 0.6) is 0 Å². The van der Waals surface area contributed by atoms with Crippen molar-refractivity contribution in [3.63, 3.8) is 0 Å². The lowest BCUT2D eigenvalue weighted by atomic mass is 9.99. The zero-order valence-electron chi connectivity index (χ0n) is 12.1. The predicted octanol–water partition coefficient (Wildman–Crippen LogP) is -3.13. The van der Waals surface area contributed by atoms with E-state index in [9.17, 15) is 25.5 Å². The van der Waals surface area contributed by atoms with Gasteiger partial charge in [0.25, 0.3) is 0 Å². The van der Waals surface area contributed by atoms with Crippen LogP contribution in [0.4, 0.5) is 0 Å². The molecule has 5 N–H and O–H groups in total. The third-order valence-corrected chi connectivity index (χ3v) is 3.04. The lowest BCUT2D eigenvalue weighted by Gasteiger charge is -2.38. The number of aliphatic hydroxyl groups excluding tert-OH is 5. The fourth-order valence-corrected chi connectivity index (χ4v) is 2.07. The number of hydrogen-bond acceptors (Lipinski definition) is 7. The minimum atomic E-state index is -1.57. The number of likely N-dealkylation sites (N-methyl/N-ethyl adjacent to an activating group) is 1. The summed E-state index contributed by atoms with van der Waals surface area (Å²) in [4.78, 5) is 0. The summed E-state index contributed by atoms with van der Waals surface area (Å²) in [7, 11) is 5.81. The summed E-state index contributed by atoms with van der Waals surface area (Å²) in [5.74, 6) is 0. The fourth-order valence-electron chi connectivity index (χ4n) is 2.07. The molecule has 20 heavy (non-hydrogen) atoms. The zero-order chi connectivity index (χ0) is 15.5. The van der Waals surface area contributed by atoms with Crippen molar-refractivity contribution in [1.29, 1.82) is 0 Å². The molecule has 0 saturated carbocycles. The van der Waals surface area contributed by atoms with E-state index in [4.69, 9.17) is 9.47 Å². The molecule has 1 rings (SSSR count). The molecule has 8 heteroatoms. The molecular weight excluding hydrogens is 270 g/mol. The Balaban J connectivity index is 2.34. The van der Waals surface area contributed by atoms with Crippen LogP contribution in [-0.4, -0.2) is 108 Å². The van der Waals surface area contributed by atoms with Crippen LogP contribution in [0, 0.1) is 0 Å². The summed E-state index contributed by atoms with van der Waals surface area (Å²) in [6.07, 6.45) is -7.61. The minimum Gasteiger partial charge on any atom is -0.387 e. The molecule has 0 amide bonds. The second kappa shape index (κ2) is 7.10. The van der Waals surface area contributed by atoms with E-state index in [1.165, 1.54) is 0 Å². The van der Waals surface area contributed by atoms with Crippen LogP contribution < -0.4 is 0 Å². The Kier molecular flexibility index (Phi) is 6.29. The highest BCUT2D eigenvalue weighted by Gasteiger charge is 2.43. The Morgan fingerprint density at radius 2 is 1.65 bits per heavy atom. The molecule has 1 aliphatic rings. The lowest BCUT2D eigenvalue weighted by Crippen LogP contribution is -2.58. The number of ether oxygens (including phenoxy) is 2. The maximum absolute atomic E-state index is 9.74. The third-order valence-electron chi connectivity index (χ3n) is 3.04. The molecule has 0 aromatic carbocycles. The van der Waals surface area contributed by atoms with Crippen LogP contribution in [0.15, 0.2) is 0 Å². The van der Waals surface area contributed by atoms with Crippen molar-refractivity contribution in [2.75, 3.05) is 40.9 Å². The van der Waals surface area contributed by atoms with Crippen LogP contribution in [0.25, 0.3) is 0 Å². The first-order chi connectivity index (χ1) is 9.11. The number of hydrogen-bond donors (Lipinski definition) is 5. The molecule has 8 nitrogen and oxygen atoms in total. The molecule has 1 fully saturated rings. The predicted molar refractivity (Wildman–Crippen MR) is 68.6 cm³/mol. The summed E-state index contributed by atoms with van der Waals surface area (Å²) in [5.41, 5.74) is 0. The summed E-state index contributed by atoms with van der Waals surface area (Å²) in [6.45, 7) is 0.449. The van der Waals surface area contributed by atoms with E-state index in [2.05, 4.69) is 0 Å². The van der Waals surface area contributed by atoms with Gasteiger partial charge in [0.1, 0.15) is 37.1 Å². The van der Waals surface area contributed by atoms with Crippen molar-refractivity contribution in [3.8, 4) is 0 Å². The molecule has 1 unspecified atom stereocenters. The molecule has 120 valence electrons. The summed E-state index contributed by atoms with van der Waals surface area (Å²) >= 11 is 0. The van der Waals surface area contributed by atoms with Gasteiger partial charge in [0.15, 0.2) is 6.29 Å². The Hall–Kier alpha value is -0.320. The van der Waals surface area contributed by atoms with E-state index in [1.807, 2.05) is 21.1 Å². The average molecular weight is 296 g/mol. The van der Waals surface area contributed by atoms with Crippen molar-refractivity contribution in [1.82, 2.24) is 0 Å². The van der Waals surface area contributed by atoms with E-state index in [-0.39, 0.29) is 13.2 Å². The Bertz CT molecular complexity index is 296. The van der Waals surface area contributed by atoms with Crippen LogP contribution in [-0.2, 0) is 9.47 Å². The van der Waals surface area contributed by atoms with Crippen molar-refractivity contribution in [2.45, 2.75) is 36.8 Å². The second-order valence-corrected chi connectivity index (χ2v) is 6.20. The SMILES string of the molecule is C[N+](C)(C)CC(O)COC[C@H]1O[C@H](O)[C@H](O)[C@@H](O)[C@@H]1O. The molecule has 0 aromatic rings. The maximum atomic E-state index is 9.74. The molecular formula is C12H26NO7+. The maximum Gasteiger partial charge on any atom is 0.184 e. The first-order valence-electron chi connectivity index (χ1n) is 6.56. The van der Waals surface area contributed by atoms with Gasteiger partial charge in [0.05, 0.1) is 34.4 Å². The standard InChI is InChI=1S/C12H26NO7/c1-13(2,3)4-7(14)5-19-6-8-9(15)10(16)11(17)12(18)20-8/h7-12,14-18H,4-6H2,1-3H3/q+1/t7?,8-,9-,10+,11-,12+/m1/s1. The Labute approximate surface area is 118 Å². The molecule has 0 spiro atoms. The molecule has 0 aliphatic carbocycles. The van der Waals surface area contributed by atoms with Crippen LogP contribution in [0.2, 0.25) is 0 Å². The van der Waals surface area contributed by atoms with Crippen LogP contribution in [0.1, 0.15) is 0 Å². The van der Waals surface area contributed by atoms with E-state index in [1.54, 1.807) is 0 Å². The van der Waals surface area contributed by atoms with E-state index < -0.39 is 36.8 Å². The Morgan fingerprint density at radius 3 is 2.20 bits per heavy atom. The third kappa shape index (κ3) is 5.23. The van der Waals surface area contributed by atoms with Crippen LogP contribution in [0.3, 0.4) is 0 Å². The van der Waals surface area contributed by atoms with Gasteiger partial charge < -0.3 is 39.5 Å². The summed E-state index contributed by atoms with van der Waals surface area (Å²) in [5, 5.41) is 47.6. The largest absolute Gasteiger partial charge is 0.387 e. The molecule has 1 saturated heterocycles. The van der Waals surface area contributed by atoms with Crippen LogP contribution >= 0.6 is 0 Å². The van der Waals surface area contributed by atoms with Crippen molar-refractivity contribution in [3.05, 3.63) is 0 Å². The monoisotopic (exact) mass is 296 g/mol. The Morgan fingerprint density at radius 1 is 1.05 bits per heavy atom. The number of rotatable bonds is 6. The first kappa shape index (κ1) is 17.7.